The molecule has 56 valence electrons. The van der Waals surface area contributed by atoms with Gasteiger partial charge in [0, 0.05) is 0 Å². The van der Waals surface area contributed by atoms with Crippen molar-refractivity contribution in [3.8, 4) is 0 Å². The second kappa shape index (κ2) is 7.07. The minimum atomic E-state index is -0.160. The van der Waals surface area contributed by atoms with Gasteiger partial charge in [-0.2, -0.15) is 6.42 Å². The molecule has 0 saturated heterocycles. The zero-order chi connectivity index (χ0) is 6.69. The van der Waals surface area contributed by atoms with Crippen LogP contribution >= 0.6 is 0 Å². The standard InChI is InChI=1S/C8H8F.BrH.Mg/c1-2-7-5-3-4-6-8(7)9;;/h3-6H,1-2H2;1H;/q-1;;+2/p-1. The van der Waals surface area contributed by atoms with Crippen molar-refractivity contribution in [3.05, 3.63) is 42.6 Å². The van der Waals surface area contributed by atoms with Crippen molar-refractivity contribution in [2.75, 3.05) is 0 Å². The van der Waals surface area contributed by atoms with Crippen molar-refractivity contribution >= 4 is 23.1 Å². The maximum absolute atomic E-state index is 12.5. The first-order valence-electron chi connectivity index (χ1n) is 2.87. The van der Waals surface area contributed by atoms with Crippen LogP contribution in [0.4, 0.5) is 4.39 Å². The van der Waals surface area contributed by atoms with Gasteiger partial charge in [0.1, 0.15) is 5.82 Å². The largest absolute Gasteiger partial charge is 2.00 e. The van der Waals surface area contributed by atoms with Gasteiger partial charge in [-0.3, -0.25) is 0 Å². The van der Waals surface area contributed by atoms with Crippen LogP contribution in [-0.4, -0.2) is 23.1 Å². The summed E-state index contributed by atoms with van der Waals surface area (Å²) in [6, 6.07) is 6.67. The molecule has 0 heterocycles. The van der Waals surface area contributed by atoms with Gasteiger partial charge in [-0.05, 0) is 11.6 Å². The van der Waals surface area contributed by atoms with E-state index in [9.17, 15) is 4.39 Å². The predicted octanol–water partition coefficient (Wildman–Crippen LogP) is -1.17. The summed E-state index contributed by atoms with van der Waals surface area (Å²) in [7, 11) is 0. The van der Waals surface area contributed by atoms with Crippen LogP contribution in [0.5, 0.6) is 0 Å². The molecule has 1 rings (SSSR count). The maximum Gasteiger partial charge on any atom is 2.00 e. The quantitative estimate of drug-likeness (QED) is 0.419. The normalized spacial score (nSPS) is 7.82. The number of halogens is 2. The van der Waals surface area contributed by atoms with E-state index in [1.807, 2.05) is 6.07 Å². The SMILES string of the molecule is [Br-].[CH2-]Cc1ccccc1F.[Mg+2]. The first-order chi connectivity index (χ1) is 4.34. The topological polar surface area (TPSA) is 0 Å². The molecule has 0 aromatic heterocycles. The van der Waals surface area contributed by atoms with E-state index in [1.54, 1.807) is 12.1 Å². The molecule has 0 radical (unpaired) electrons. The molecule has 0 aliphatic carbocycles. The Morgan fingerprint density at radius 3 is 2.18 bits per heavy atom. The minimum Gasteiger partial charge on any atom is -1.00 e. The van der Waals surface area contributed by atoms with E-state index >= 15 is 0 Å². The monoisotopic (exact) mass is 226 g/mol. The summed E-state index contributed by atoms with van der Waals surface area (Å²) < 4.78 is 12.5. The molecule has 0 bridgehead atoms. The summed E-state index contributed by atoms with van der Waals surface area (Å²) in [5.74, 6) is -0.160. The number of hydrogen-bond acceptors (Lipinski definition) is 0. The first-order valence-corrected chi connectivity index (χ1v) is 2.87. The molecule has 0 aliphatic rings. The molecule has 0 saturated carbocycles. The van der Waals surface area contributed by atoms with Crippen LogP contribution in [0, 0.1) is 12.7 Å². The molecule has 3 heteroatoms. The van der Waals surface area contributed by atoms with Gasteiger partial charge in [0.25, 0.3) is 0 Å². The minimum absolute atomic E-state index is 0. The van der Waals surface area contributed by atoms with Gasteiger partial charge in [-0.25, -0.2) is 4.39 Å². The Morgan fingerprint density at radius 2 is 1.82 bits per heavy atom. The van der Waals surface area contributed by atoms with Gasteiger partial charge in [0.05, 0.1) is 0 Å². The molecule has 0 atom stereocenters. The molecule has 1 aromatic rings. The van der Waals surface area contributed by atoms with Gasteiger partial charge in [-0.15, -0.1) is 0 Å². The maximum atomic E-state index is 12.5. The Morgan fingerprint density at radius 1 is 1.27 bits per heavy atom. The summed E-state index contributed by atoms with van der Waals surface area (Å²) in [5.41, 5.74) is 0.678. The van der Waals surface area contributed by atoms with Gasteiger partial charge in [-0.1, -0.05) is 18.2 Å². The molecule has 0 amide bonds. The fourth-order valence-corrected chi connectivity index (χ4v) is 0.701. The second-order valence-electron chi connectivity index (χ2n) is 1.84. The average molecular weight is 227 g/mol. The van der Waals surface area contributed by atoms with Crippen molar-refractivity contribution in [1.82, 2.24) is 0 Å². The van der Waals surface area contributed by atoms with E-state index in [-0.39, 0.29) is 45.9 Å². The smallest absolute Gasteiger partial charge is 1.00 e. The number of rotatable bonds is 1. The Bertz CT molecular complexity index is 203. The van der Waals surface area contributed by atoms with Crippen molar-refractivity contribution < 1.29 is 21.4 Å². The van der Waals surface area contributed by atoms with Crippen LogP contribution in [0.25, 0.3) is 0 Å². The van der Waals surface area contributed by atoms with Crippen LogP contribution in [0.1, 0.15) is 5.56 Å². The van der Waals surface area contributed by atoms with E-state index in [0.717, 1.165) is 0 Å². The molecule has 0 N–H and O–H groups in total. The average Bonchev–Trinajstić information content (AvgIpc) is 1.89. The van der Waals surface area contributed by atoms with Crippen molar-refractivity contribution in [1.29, 1.82) is 0 Å². The third-order valence-corrected chi connectivity index (χ3v) is 1.23. The fraction of sp³-hybridized carbons (Fsp3) is 0.125. The molecule has 0 aliphatic heterocycles. The molecule has 1 aromatic carbocycles. The summed E-state index contributed by atoms with van der Waals surface area (Å²) in [5, 5.41) is 0. The molecular weight excluding hydrogens is 219 g/mol. The van der Waals surface area contributed by atoms with E-state index < -0.39 is 0 Å². The molecule has 0 nitrogen and oxygen atoms in total. The third kappa shape index (κ3) is 4.08. The van der Waals surface area contributed by atoms with E-state index in [1.165, 1.54) is 6.07 Å². The Labute approximate surface area is 93.1 Å². The Hall–Kier alpha value is 0.396. The van der Waals surface area contributed by atoms with E-state index in [2.05, 4.69) is 6.92 Å². The van der Waals surface area contributed by atoms with Crippen LogP contribution in [0.2, 0.25) is 0 Å². The van der Waals surface area contributed by atoms with Gasteiger partial charge < -0.3 is 23.9 Å². The predicted molar refractivity (Wildman–Crippen MR) is 41.2 cm³/mol. The summed E-state index contributed by atoms with van der Waals surface area (Å²) in [6.07, 6.45) is 0.521. The van der Waals surface area contributed by atoms with Crippen LogP contribution in [0.3, 0.4) is 0 Å². The van der Waals surface area contributed by atoms with Crippen LogP contribution < -0.4 is 17.0 Å². The molecule has 0 unspecified atom stereocenters. The summed E-state index contributed by atoms with van der Waals surface area (Å²) >= 11 is 0. The second-order valence-corrected chi connectivity index (χ2v) is 1.84. The number of benzene rings is 1. The zero-order valence-corrected chi connectivity index (χ0v) is 9.19. The van der Waals surface area contributed by atoms with Crippen molar-refractivity contribution in [2.45, 2.75) is 6.42 Å². The first kappa shape index (κ1) is 14.0. The fourth-order valence-electron chi connectivity index (χ4n) is 0.701. The van der Waals surface area contributed by atoms with E-state index in [4.69, 9.17) is 0 Å². The summed E-state index contributed by atoms with van der Waals surface area (Å²) in [6.45, 7) is 3.58. The third-order valence-electron chi connectivity index (χ3n) is 1.23. The van der Waals surface area contributed by atoms with Gasteiger partial charge >= 0.3 is 23.1 Å². The van der Waals surface area contributed by atoms with Crippen molar-refractivity contribution in [3.63, 3.8) is 0 Å². The summed E-state index contributed by atoms with van der Waals surface area (Å²) in [4.78, 5) is 0. The molecule has 11 heavy (non-hydrogen) atoms. The van der Waals surface area contributed by atoms with Crippen molar-refractivity contribution in [2.24, 2.45) is 0 Å². The Kier molecular flexibility index (Phi) is 8.96. The van der Waals surface area contributed by atoms with E-state index in [0.29, 0.717) is 12.0 Å². The molecule has 0 spiro atoms. The molecular formula is C8H8BrFMg. The van der Waals surface area contributed by atoms with Crippen LogP contribution in [-0.2, 0) is 6.42 Å². The van der Waals surface area contributed by atoms with Gasteiger partial charge in [0.2, 0.25) is 0 Å². The van der Waals surface area contributed by atoms with Crippen LogP contribution in [0.15, 0.2) is 24.3 Å². The van der Waals surface area contributed by atoms with Gasteiger partial charge in [0.15, 0.2) is 0 Å². The zero-order valence-electron chi connectivity index (χ0n) is 6.19. The Balaban J connectivity index is 0. The molecule has 0 fully saturated rings. The number of hydrogen-bond donors (Lipinski definition) is 0.